The highest BCUT2D eigenvalue weighted by Gasteiger charge is 2.18. The lowest BCUT2D eigenvalue weighted by molar-refractivity contribution is -0.116. The summed E-state index contributed by atoms with van der Waals surface area (Å²) < 4.78 is 0. The lowest BCUT2D eigenvalue weighted by Gasteiger charge is -2.29. The van der Waals surface area contributed by atoms with Crippen LogP contribution in [0.25, 0.3) is 0 Å². The van der Waals surface area contributed by atoms with Crippen LogP contribution in [0.2, 0.25) is 0 Å². The van der Waals surface area contributed by atoms with E-state index >= 15 is 0 Å². The van der Waals surface area contributed by atoms with Crippen molar-refractivity contribution < 1.29 is 9.90 Å². The Morgan fingerprint density at radius 2 is 2.00 bits per heavy atom. The van der Waals surface area contributed by atoms with Crippen molar-refractivity contribution in [1.82, 2.24) is 4.90 Å². The normalized spacial score (nSPS) is 19.1. The number of anilines is 1. The number of carbonyl (C=O) groups excluding carboxylic acids is 1. The van der Waals surface area contributed by atoms with Crippen LogP contribution >= 0.6 is 0 Å². The minimum absolute atomic E-state index is 0.0654. The number of aliphatic hydroxyl groups excluding tert-OH is 1. The molecule has 1 atom stereocenters. The minimum atomic E-state index is -0.232. The molecule has 1 heterocycles. The number of aliphatic hydroxyl groups is 1. The number of benzene rings is 1. The number of hydrogen-bond acceptors (Lipinski definition) is 3. The molecular weight excluding hydrogens is 276 g/mol. The van der Waals surface area contributed by atoms with Crippen LogP contribution in [0.4, 0.5) is 5.69 Å². The van der Waals surface area contributed by atoms with Crippen molar-refractivity contribution in [3.05, 3.63) is 29.3 Å². The summed E-state index contributed by atoms with van der Waals surface area (Å²) >= 11 is 0. The van der Waals surface area contributed by atoms with Gasteiger partial charge in [0.15, 0.2) is 0 Å². The minimum Gasteiger partial charge on any atom is -0.392 e. The molecule has 122 valence electrons. The molecule has 1 aliphatic rings. The molecule has 4 nitrogen and oxygen atoms in total. The largest absolute Gasteiger partial charge is 0.392 e. The molecule has 1 aromatic carbocycles. The van der Waals surface area contributed by atoms with Gasteiger partial charge in [-0.05, 0) is 43.4 Å². The number of carbonyl (C=O) groups is 1. The molecule has 1 fully saturated rings. The number of β-amino-alcohol motifs (C(OH)–C–C–N with tert-alkyl or cyclic N) is 1. The topological polar surface area (TPSA) is 52.6 Å². The summed E-state index contributed by atoms with van der Waals surface area (Å²) in [6.45, 7) is 6.62. The van der Waals surface area contributed by atoms with Crippen LogP contribution in [0.1, 0.15) is 44.2 Å². The average molecular weight is 304 g/mol. The molecule has 0 bridgehead atoms. The number of likely N-dealkylation sites (tertiary alicyclic amines) is 1. The molecule has 4 heteroatoms. The highest BCUT2D eigenvalue weighted by molar-refractivity contribution is 5.92. The maximum atomic E-state index is 12.3. The van der Waals surface area contributed by atoms with E-state index in [2.05, 4.69) is 42.3 Å². The van der Waals surface area contributed by atoms with Crippen LogP contribution < -0.4 is 5.32 Å². The summed E-state index contributed by atoms with van der Waals surface area (Å²) in [5.74, 6) is 0.0654. The third-order valence-corrected chi connectivity index (χ3v) is 4.40. The second-order valence-corrected chi connectivity index (χ2v) is 6.05. The maximum Gasteiger partial charge on any atom is 0.225 e. The fourth-order valence-corrected chi connectivity index (χ4v) is 3.10. The predicted molar refractivity (Wildman–Crippen MR) is 90.1 cm³/mol. The number of rotatable bonds is 6. The Morgan fingerprint density at radius 3 is 2.59 bits per heavy atom. The fourth-order valence-electron chi connectivity index (χ4n) is 3.10. The Morgan fingerprint density at radius 1 is 1.32 bits per heavy atom. The van der Waals surface area contributed by atoms with E-state index in [1.165, 1.54) is 11.1 Å². The zero-order valence-corrected chi connectivity index (χ0v) is 13.8. The Kier molecular flexibility index (Phi) is 6.40. The highest BCUT2D eigenvalue weighted by atomic mass is 16.3. The van der Waals surface area contributed by atoms with E-state index in [9.17, 15) is 9.90 Å². The van der Waals surface area contributed by atoms with Crippen molar-refractivity contribution in [2.75, 3.05) is 25.0 Å². The molecule has 0 spiro atoms. The Balaban J connectivity index is 1.91. The van der Waals surface area contributed by atoms with Crippen LogP contribution in [0.3, 0.4) is 0 Å². The number of piperidine rings is 1. The van der Waals surface area contributed by atoms with Gasteiger partial charge in [-0.25, -0.2) is 0 Å². The molecule has 22 heavy (non-hydrogen) atoms. The number of para-hydroxylation sites is 1. The van der Waals surface area contributed by atoms with Crippen molar-refractivity contribution >= 4 is 11.6 Å². The molecule has 1 aliphatic heterocycles. The predicted octanol–water partition coefficient (Wildman–Crippen LogP) is 2.60. The average Bonchev–Trinajstić information content (AvgIpc) is 2.53. The summed E-state index contributed by atoms with van der Waals surface area (Å²) in [5.41, 5.74) is 3.39. The van der Waals surface area contributed by atoms with E-state index < -0.39 is 0 Å². The summed E-state index contributed by atoms with van der Waals surface area (Å²) in [4.78, 5) is 14.5. The van der Waals surface area contributed by atoms with Gasteiger partial charge in [-0.2, -0.15) is 0 Å². The molecule has 1 unspecified atom stereocenters. The Hall–Kier alpha value is -1.39. The second kappa shape index (κ2) is 8.30. The molecule has 2 N–H and O–H groups in total. The van der Waals surface area contributed by atoms with Crippen LogP contribution in [-0.2, 0) is 17.6 Å². The summed E-state index contributed by atoms with van der Waals surface area (Å²) in [6, 6.07) is 6.22. The van der Waals surface area contributed by atoms with E-state index in [-0.39, 0.29) is 12.0 Å². The van der Waals surface area contributed by atoms with Crippen LogP contribution in [-0.4, -0.2) is 41.7 Å². The molecule has 0 radical (unpaired) electrons. The number of amides is 1. The molecule has 1 amide bonds. The maximum absolute atomic E-state index is 12.3. The van der Waals surface area contributed by atoms with Gasteiger partial charge in [-0.3, -0.25) is 4.79 Å². The van der Waals surface area contributed by atoms with Gasteiger partial charge < -0.3 is 15.3 Å². The number of nitrogens with zero attached hydrogens (tertiary/aromatic N) is 1. The van der Waals surface area contributed by atoms with E-state index in [1.807, 2.05) is 0 Å². The SMILES string of the molecule is CCc1cccc(CC)c1NC(=O)CCN1CCCC(O)C1. The van der Waals surface area contributed by atoms with Crippen molar-refractivity contribution in [3.8, 4) is 0 Å². The van der Waals surface area contributed by atoms with Gasteiger partial charge in [0.25, 0.3) is 0 Å². The van der Waals surface area contributed by atoms with Crippen LogP contribution in [0.5, 0.6) is 0 Å². The van der Waals surface area contributed by atoms with Gasteiger partial charge in [-0.1, -0.05) is 32.0 Å². The lowest BCUT2D eigenvalue weighted by atomic mass is 10.0. The smallest absolute Gasteiger partial charge is 0.225 e. The molecular formula is C18H28N2O2. The fraction of sp³-hybridized carbons (Fsp3) is 0.611. The third-order valence-electron chi connectivity index (χ3n) is 4.40. The lowest BCUT2D eigenvalue weighted by Crippen LogP contribution is -2.39. The van der Waals surface area contributed by atoms with Crippen molar-refractivity contribution in [2.45, 2.75) is 52.1 Å². The van der Waals surface area contributed by atoms with Crippen molar-refractivity contribution in [3.63, 3.8) is 0 Å². The molecule has 0 saturated carbocycles. The molecule has 2 rings (SSSR count). The second-order valence-electron chi connectivity index (χ2n) is 6.05. The van der Waals surface area contributed by atoms with Gasteiger partial charge in [-0.15, -0.1) is 0 Å². The first-order valence-corrected chi connectivity index (χ1v) is 8.45. The standard InChI is InChI=1S/C18H28N2O2/c1-3-14-7-5-8-15(4-2)18(14)19-17(22)10-12-20-11-6-9-16(21)13-20/h5,7-8,16,21H,3-4,6,9-13H2,1-2H3,(H,19,22). The summed E-state index contributed by atoms with van der Waals surface area (Å²) in [5, 5.41) is 12.8. The first-order chi connectivity index (χ1) is 10.6. The Bertz CT molecular complexity index is 480. The monoisotopic (exact) mass is 304 g/mol. The van der Waals surface area contributed by atoms with Gasteiger partial charge in [0, 0.05) is 25.2 Å². The number of aryl methyl sites for hydroxylation is 2. The quantitative estimate of drug-likeness (QED) is 0.849. The molecule has 1 saturated heterocycles. The Labute approximate surface area is 133 Å². The van der Waals surface area contributed by atoms with Gasteiger partial charge in [0.2, 0.25) is 5.91 Å². The van der Waals surface area contributed by atoms with E-state index in [0.717, 1.165) is 44.5 Å². The van der Waals surface area contributed by atoms with E-state index in [4.69, 9.17) is 0 Å². The van der Waals surface area contributed by atoms with Crippen LogP contribution in [0, 0.1) is 0 Å². The first-order valence-electron chi connectivity index (χ1n) is 8.45. The van der Waals surface area contributed by atoms with Gasteiger partial charge >= 0.3 is 0 Å². The third kappa shape index (κ3) is 4.55. The van der Waals surface area contributed by atoms with Gasteiger partial charge in [0.1, 0.15) is 0 Å². The van der Waals surface area contributed by atoms with E-state index in [1.54, 1.807) is 0 Å². The van der Waals surface area contributed by atoms with Crippen molar-refractivity contribution in [2.24, 2.45) is 0 Å². The first kappa shape index (κ1) is 17.0. The summed E-state index contributed by atoms with van der Waals surface area (Å²) in [7, 11) is 0. The molecule has 0 aromatic heterocycles. The number of nitrogens with one attached hydrogen (secondary N) is 1. The van der Waals surface area contributed by atoms with Gasteiger partial charge in [0.05, 0.1) is 6.10 Å². The molecule has 0 aliphatic carbocycles. The van der Waals surface area contributed by atoms with E-state index in [0.29, 0.717) is 13.0 Å². The van der Waals surface area contributed by atoms with Crippen LogP contribution in [0.15, 0.2) is 18.2 Å². The summed E-state index contributed by atoms with van der Waals surface area (Å²) in [6.07, 6.45) is 3.98. The zero-order valence-electron chi connectivity index (χ0n) is 13.8. The highest BCUT2D eigenvalue weighted by Crippen LogP contribution is 2.22. The number of hydrogen-bond donors (Lipinski definition) is 2. The van der Waals surface area contributed by atoms with Crippen molar-refractivity contribution in [1.29, 1.82) is 0 Å². The molecule has 1 aromatic rings. The zero-order chi connectivity index (χ0) is 15.9.